The molecule has 0 radical (unpaired) electrons. The van der Waals surface area contributed by atoms with Gasteiger partial charge in [0.25, 0.3) is 5.91 Å². The van der Waals surface area contributed by atoms with Gasteiger partial charge in [0.1, 0.15) is 0 Å². The first-order valence-corrected chi connectivity index (χ1v) is 9.84. The van der Waals surface area contributed by atoms with Crippen molar-refractivity contribution in [3.63, 3.8) is 0 Å². The third-order valence-electron chi connectivity index (χ3n) is 4.96. The summed E-state index contributed by atoms with van der Waals surface area (Å²) in [6.45, 7) is 16.1. The van der Waals surface area contributed by atoms with Crippen LogP contribution in [0.3, 0.4) is 0 Å². The molecule has 0 fully saturated rings. The predicted molar refractivity (Wildman–Crippen MR) is 110 cm³/mol. The fraction of sp³-hybridized carbons (Fsp3) is 0.636. The molecule has 1 rings (SSSR count). The van der Waals surface area contributed by atoms with Crippen molar-refractivity contribution in [2.24, 2.45) is 5.92 Å². The van der Waals surface area contributed by atoms with Gasteiger partial charge in [-0.3, -0.25) is 9.59 Å². The monoisotopic (exact) mass is 376 g/mol. The lowest BCUT2D eigenvalue weighted by atomic mass is 9.86. The number of rotatable bonds is 9. The average Bonchev–Trinajstić information content (AvgIpc) is 2.65. The summed E-state index contributed by atoms with van der Waals surface area (Å²) in [5, 5.41) is 0. The van der Waals surface area contributed by atoms with Gasteiger partial charge in [0.05, 0.1) is 13.0 Å². The zero-order valence-electron chi connectivity index (χ0n) is 18.0. The second-order valence-electron chi connectivity index (χ2n) is 8.03. The number of benzene rings is 1. The summed E-state index contributed by atoms with van der Waals surface area (Å²) in [6.07, 6.45) is 0. The van der Waals surface area contributed by atoms with Crippen LogP contribution in [-0.4, -0.2) is 61.5 Å². The third kappa shape index (κ3) is 6.98. The quantitative estimate of drug-likeness (QED) is 0.618. The van der Waals surface area contributed by atoms with Crippen LogP contribution in [0.4, 0.5) is 0 Å². The number of nitrogens with zero attached hydrogens (tertiary/aromatic N) is 2. The van der Waals surface area contributed by atoms with E-state index in [1.807, 2.05) is 24.3 Å². The first-order valence-electron chi connectivity index (χ1n) is 9.84. The van der Waals surface area contributed by atoms with Crippen LogP contribution in [0, 0.1) is 5.92 Å². The number of methoxy groups -OCH3 is 1. The molecular formula is C22H36N2O3. The van der Waals surface area contributed by atoms with Crippen molar-refractivity contribution in [3.05, 3.63) is 35.4 Å². The van der Waals surface area contributed by atoms with E-state index in [-0.39, 0.29) is 23.2 Å². The Morgan fingerprint density at radius 3 is 2.04 bits per heavy atom. The van der Waals surface area contributed by atoms with E-state index < -0.39 is 0 Å². The number of likely N-dealkylation sites (N-methyl/N-ethyl adjacent to an activating group) is 1. The van der Waals surface area contributed by atoms with Gasteiger partial charge in [0.15, 0.2) is 0 Å². The molecule has 0 aromatic heterocycles. The van der Waals surface area contributed by atoms with E-state index in [1.165, 1.54) is 12.7 Å². The fourth-order valence-electron chi connectivity index (χ4n) is 2.98. The molecule has 0 aliphatic heterocycles. The fourth-order valence-corrected chi connectivity index (χ4v) is 2.98. The normalized spacial score (nSPS) is 12.7. The summed E-state index contributed by atoms with van der Waals surface area (Å²) < 4.78 is 4.83. The number of esters is 1. The van der Waals surface area contributed by atoms with Gasteiger partial charge >= 0.3 is 5.97 Å². The smallest absolute Gasteiger partial charge is 0.310 e. The maximum Gasteiger partial charge on any atom is 0.310 e. The van der Waals surface area contributed by atoms with Gasteiger partial charge in [-0.2, -0.15) is 0 Å². The second kappa shape index (κ2) is 10.5. The van der Waals surface area contributed by atoms with E-state index in [0.717, 1.165) is 19.6 Å². The number of amides is 1. The Balaban J connectivity index is 2.98. The van der Waals surface area contributed by atoms with Crippen LogP contribution < -0.4 is 0 Å². The van der Waals surface area contributed by atoms with E-state index in [9.17, 15) is 9.59 Å². The predicted octanol–water partition coefficient (Wildman–Crippen LogP) is 3.58. The van der Waals surface area contributed by atoms with Crippen molar-refractivity contribution in [1.29, 1.82) is 0 Å². The molecule has 0 saturated heterocycles. The van der Waals surface area contributed by atoms with Gasteiger partial charge in [-0.15, -0.1) is 0 Å². The van der Waals surface area contributed by atoms with E-state index in [1.54, 1.807) is 11.8 Å². The molecule has 1 unspecified atom stereocenters. The number of carbonyl (C=O) groups is 2. The molecule has 1 aromatic rings. The Morgan fingerprint density at radius 2 is 1.59 bits per heavy atom. The molecule has 5 heteroatoms. The average molecular weight is 377 g/mol. The molecule has 1 amide bonds. The standard InChI is InChI=1S/C22H36N2O3/c1-8-23(9-2)14-15-24(16-17(3)21(26)27-7)20(25)18-10-12-19(13-11-18)22(4,5)6/h10-13,17H,8-9,14-16H2,1-7H3. The lowest BCUT2D eigenvalue weighted by Gasteiger charge is -2.28. The van der Waals surface area contributed by atoms with Gasteiger partial charge in [0, 0.05) is 25.2 Å². The summed E-state index contributed by atoms with van der Waals surface area (Å²) >= 11 is 0. The first-order chi connectivity index (χ1) is 12.6. The molecule has 0 saturated carbocycles. The van der Waals surface area contributed by atoms with Crippen LogP contribution in [0.1, 0.15) is 57.5 Å². The Morgan fingerprint density at radius 1 is 1.04 bits per heavy atom. The number of carbonyl (C=O) groups excluding carboxylic acids is 2. The minimum absolute atomic E-state index is 0.0432. The second-order valence-corrected chi connectivity index (χ2v) is 8.03. The molecule has 1 atom stereocenters. The highest BCUT2D eigenvalue weighted by molar-refractivity contribution is 5.94. The molecule has 0 aliphatic carbocycles. The molecule has 0 bridgehead atoms. The molecule has 0 N–H and O–H groups in total. The highest BCUT2D eigenvalue weighted by Crippen LogP contribution is 2.22. The lowest BCUT2D eigenvalue weighted by molar-refractivity contribution is -0.145. The minimum atomic E-state index is -0.357. The maximum atomic E-state index is 13.1. The minimum Gasteiger partial charge on any atom is -0.469 e. The van der Waals surface area contributed by atoms with E-state index in [4.69, 9.17) is 4.74 Å². The highest BCUT2D eigenvalue weighted by Gasteiger charge is 2.23. The molecular weight excluding hydrogens is 340 g/mol. The van der Waals surface area contributed by atoms with Gasteiger partial charge in [-0.25, -0.2) is 0 Å². The zero-order chi connectivity index (χ0) is 20.6. The molecule has 5 nitrogen and oxygen atoms in total. The van der Waals surface area contributed by atoms with Crippen molar-refractivity contribution in [2.75, 3.05) is 39.8 Å². The summed E-state index contributed by atoms with van der Waals surface area (Å²) in [6, 6.07) is 7.80. The first kappa shape index (κ1) is 23.2. The highest BCUT2D eigenvalue weighted by atomic mass is 16.5. The lowest BCUT2D eigenvalue weighted by Crippen LogP contribution is -2.42. The number of hydrogen-bond donors (Lipinski definition) is 0. The number of hydrogen-bond acceptors (Lipinski definition) is 4. The summed E-state index contributed by atoms with van der Waals surface area (Å²) in [7, 11) is 1.38. The van der Waals surface area contributed by atoms with E-state index >= 15 is 0 Å². The van der Waals surface area contributed by atoms with Gasteiger partial charge in [-0.05, 0) is 36.2 Å². The molecule has 0 aliphatic rings. The molecule has 0 heterocycles. The van der Waals surface area contributed by atoms with E-state index in [2.05, 4.69) is 39.5 Å². The van der Waals surface area contributed by atoms with Crippen molar-refractivity contribution < 1.29 is 14.3 Å². The van der Waals surface area contributed by atoms with Crippen molar-refractivity contribution in [3.8, 4) is 0 Å². The summed E-state index contributed by atoms with van der Waals surface area (Å²) in [4.78, 5) is 29.0. The molecule has 27 heavy (non-hydrogen) atoms. The maximum absolute atomic E-state index is 13.1. The summed E-state index contributed by atoms with van der Waals surface area (Å²) in [5.41, 5.74) is 1.89. The molecule has 0 spiro atoms. The van der Waals surface area contributed by atoms with Crippen LogP contribution in [0.5, 0.6) is 0 Å². The SMILES string of the molecule is CCN(CC)CCN(CC(C)C(=O)OC)C(=O)c1ccc(C(C)(C)C)cc1. The Labute approximate surface area is 164 Å². The Kier molecular flexibility index (Phi) is 8.97. The molecule has 1 aromatic carbocycles. The van der Waals surface area contributed by atoms with Crippen molar-refractivity contribution in [2.45, 2.75) is 47.0 Å². The third-order valence-corrected chi connectivity index (χ3v) is 4.96. The topological polar surface area (TPSA) is 49.9 Å². The number of ether oxygens (including phenoxy) is 1. The van der Waals surface area contributed by atoms with Gasteiger partial charge < -0.3 is 14.5 Å². The van der Waals surface area contributed by atoms with Crippen LogP contribution in [0.15, 0.2) is 24.3 Å². The van der Waals surface area contributed by atoms with E-state index in [0.29, 0.717) is 18.7 Å². The van der Waals surface area contributed by atoms with Gasteiger partial charge in [0.2, 0.25) is 0 Å². The van der Waals surface area contributed by atoms with Crippen molar-refractivity contribution in [1.82, 2.24) is 9.80 Å². The Bertz CT molecular complexity index is 601. The zero-order valence-corrected chi connectivity index (χ0v) is 18.0. The van der Waals surface area contributed by atoms with Crippen LogP contribution >= 0.6 is 0 Å². The summed E-state index contributed by atoms with van der Waals surface area (Å²) in [5.74, 6) is -0.693. The van der Waals surface area contributed by atoms with Gasteiger partial charge in [-0.1, -0.05) is 53.7 Å². The van der Waals surface area contributed by atoms with Crippen LogP contribution in [0.25, 0.3) is 0 Å². The molecule has 152 valence electrons. The van der Waals surface area contributed by atoms with Crippen molar-refractivity contribution >= 4 is 11.9 Å². The largest absolute Gasteiger partial charge is 0.469 e. The Hall–Kier alpha value is -1.88. The van der Waals surface area contributed by atoms with Crippen LogP contribution in [-0.2, 0) is 14.9 Å². The van der Waals surface area contributed by atoms with Crippen LogP contribution in [0.2, 0.25) is 0 Å².